The van der Waals surface area contributed by atoms with Crippen LogP contribution < -0.4 is 5.73 Å². The molecule has 3 nitrogen and oxygen atoms in total. The fraction of sp³-hybridized carbons (Fsp3) is 0.200. The van der Waals surface area contributed by atoms with Gasteiger partial charge in [-0.25, -0.2) is 9.97 Å². The fourth-order valence-corrected chi connectivity index (χ4v) is 2.13. The van der Waals surface area contributed by atoms with Crippen LogP contribution in [0.25, 0.3) is 10.9 Å². The van der Waals surface area contributed by atoms with E-state index in [0.29, 0.717) is 11.6 Å². The van der Waals surface area contributed by atoms with Crippen molar-refractivity contribution in [1.82, 2.24) is 9.97 Å². The van der Waals surface area contributed by atoms with Crippen LogP contribution in [0.3, 0.4) is 0 Å². The zero-order valence-corrected chi connectivity index (χ0v) is 9.59. The van der Waals surface area contributed by atoms with Gasteiger partial charge < -0.3 is 5.73 Å². The zero-order chi connectivity index (χ0) is 10.3. The quantitative estimate of drug-likeness (QED) is 0.783. The van der Waals surface area contributed by atoms with Gasteiger partial charge in [0.05, 0.1) is 5.52 Å². The van der Waals surface area contributed by atoms with Crippen molar-refractivity contribution in [1.29, 1.82) is 0 Å². The Morgan fingerprint density at radius 2 is 1.93 bits per heavy atom. The molecule has 4 heteroatoms. The molecule has 72 valence electrons. The third kappa shape index (κ3) is 1.46. The van der Waals surface area contributed by atoms with Gasteiger partial charge in [-0.3, -0.25) is 0 Å². The molecule has 0 fully saturated rings. The van der Waals surface area contributed by atoms with E-state index in [1.807, 2.05) is 26.0 Å². The van der Waals surface area contributed by atoms with E-state index in [-0.39, 0.29) is 0 Å². The largest absolute Gasteiger partial charge is 0.383 e. The number of nitrogen functional groups attached to an aromatic ring is 1. The summed E-state index contributed by atoms with van der Waals surface area (Å²) in [6.07, 6.45) is 0. The molecule has 2 N–H and O–H groups in total. The number of aryl methyl sites for hydroxylation is 2. The Balaban J connectivity index is 2.94. The van der Waals surface area contributed by atoms with Gasteiger partial charge in [0, 0.05) is 9.86 Å². The summed E-state index contributed by atoms with van der Waals surface area (Å²) in [5, 5.41) is 0.905. The first-order chi connectivity index (χ1) is 6.58. The van der Waals surface area contributed by atoms with Crippen molar-refractivity contribution in [2.24, 2.45) is 0 Å². The molecule has 0 bridgehead atoms. The van der Waals surface area contributed by atoms with Crippen molar-refractivity contribution in [3.05, 3.63) is 28.0 Å². The number of halogens is 1. The van der Waals surface area contributed by atoms with Crippen LogP contribution in [0.1, 0.15) is 11.4 Å². The molecule has 0 unspecified atom stereocenters. The number of hydrogen-bond donors (Lipinski definition) is 1. The number of benzene rings is 1. The third-order valence-electron chi connectivity index (χ3n) is 2.04. The van der Waals surface area contributed by atoms with Gasteiger partial charge in [-0.15, -0.1) is 0 Å². The first-order valence-electron chi connectivity index (χ1n) is 4.28. The van der Waals surface area contributed by atoms with Crippen LogP contribution in [0.2, 0.25) is 0 Å². The summed E-state index contributed by atoms with van der Waals surface area (Å²) in [5.41, 5.74) is 7.84. The van der Waals surface area contributed by atoms with Crippen LogP contribution in [-0.4, -0.2) is 9.97 Å². The second kappa shape index (κ2) is 3.20. The van der Waals surface area contributed by atoms with Crippen LogP contribution in [0.4, 0.5) is 5.82 Å². The minimum absolute atomic E-state index is 0.539. The monoisotopic (exact) mass is 251 g/mol. The van der Waals surface area contributed by atoms with E-state index in [2.05, 4.69) is 25.9 Å². The van der Waals surface area contributed by atoms with E-state index in [4.69, 9.17) is 5.73 Å². The van der Waals surface area contributed by atoms with E-state index in [0.717, 1.165) is 20.9 Å². The molecule has 0 atom stereocenters. The van der Waals surface area contributed by atoms with Crippen molar-refractivity contribution in [3.63, 3.8) is 0 Å². The average Bonchev–Trinajstić information content (AvgIpc) is 2.07. The molecule has 0 saturated carbocycles. The normalized spacial score (nSPS) is 10.8. The first-order valence-corrected chi connectivity index (χ1v) is 5.07. The highest BCUT2D eigenvalue weighted by Gasteiger charge is 2.06. The summed E-state index contributed by atoms with van der Waals surface area (Å²) in [7, 11) is 0. The molecule has 0 aliphatic heterocycles. The first kappa shape index (κ1) is 9.40. The van der Waals surface area contributed by atoms with Crippen LogP contribution in [-0.2, 0) is 0 Å². The van der Waals surface area contributed by atoms with E-state index < -0.39 is 0 Å². The second-order valence-electron chi connectivity index (χ2n) is 3.30. The number of aromatic nitrogens is 2. The second-order valence-corrected chi connectivity index (χ2v) is 4.15. The lowest BCUT2D eigenvalue weighted by Gasteiger charge is -2.05. The van der Waals surface area contributed by atoms with Crippen molar-refractivity contribution < 1.29 is 0 Å². The van der Waals surface area contributed by atoms with Crippen molar-refractivity contribution >= 4 is 32.7 Å². The molecular formula is C10H10BrN3. The maximum Gasteiger partial charge on any atom is 0.135 e. The molecule has 0 aliphatic carbocycles. The predicted molar refractivity (Wildman–Crippen MR) is 61.1 cm³/mol. The topological polar surface area (TPSA) is 51.8 Å². The highest BCUT2D eigenvalue weighted by molar-refractivity contribution is 9.10. The van der Waals surface area contributed by atoms with E-state index >= 15 is 0 Å². The standard InChI is InChI=1S/C10H10BrN3/c1-5-3-7-9(8(11)4-5)13-6(2)14-10(7)12/h3-4H,1-2H3,(H2,12,13,14). The summed E-state index contributed by atoms with van der Waals surface area (Å²) in [6, 6.07) is 4.02. The molecule has 0 spiro atoms. The van der Waals surface area contributed by atoms with Gasteiger partial charge >= 0.3 is 0 Å². The molecule has 1 heterocycles. The van der Waals surface area contributed by atoms with Crippen molar-refractivity contribution in [3.8, 4) is 0 Å². The highest BCUT2D eigenvalue weighted by atomic mass is 79.9. The summed E-state index contributed by atoms with van der Waals surface area (Å²) in [6.45, 7) is 3.85. The molecule has 1 aromatic carbocycles. The number of hydrogen-bond acceptors (Lipinski definition) is 3. The summed E-state index contributed by atoms with van der Waals surface area (Å²) < 4.78 is 0.963. The molecule has 2 aromatic rings. The predicted octanol–water partition coefficient (Wildman–Crippen LogP) is 2.59. The van der Waals surface area contributed by atoms with Crippen LogP contribution in [0, 0.1) is 13.8 Å². The van der Waals surface area contributed by atoms with Gasteiger partial charge in [-0.05, 0) is 47.5 Å². The van der Waals surface area contributed by atoms with Gasteiger partial charge in [0.25, 0.3) is 0 Å². The fourth-order valence-electron chi connectivity index (χ4n) is 1.46. The number of anilines is 1. The smallest absolute Gasteiger partial charge is 0.135 e. The Hall–Kier alpha value is -1.16. The van der Waals surface area contributed by atoms with Crippen molar-refractivity contribution in [2.75, 3.05) is 5.73 Å². The van der Waals surface area contributed by atoms with Gasteiger partial charge in [0.1, 0.15) is 11.6 Å². The van der Waals surface area contributed by atoms with Crippen LogP contribution in [0.5, 0.6) is 0 Å². The molecule has 0 aliphatic rings. The van der Waals surface area contributed by atoms with Gasteiger partial charge in [-0.2, -0.15) is 0 Å². The molecule has 0 saturated heterocycles. The molecule has 2 rings (SSSR count). The Bertz CT molecular complexity index is 461. The minimum atomic E-state index is 0.539. The maximum atomic E-state index is 5.82. The minimum Gasteiger partial charge on any atom is -0.383 e. The highest BCUT2D eigenvalue weighted by Crippen LogP contribution is 2.26. The summed E-state index contributed by atoms with van der Waals surface area (Å²) in [4.78, 5) is 8.47. The lowest BCUT2D eigenvalue weighted by Crippen LogP contribution is -1.98. The Morgan fingerprint density at radius 3 is 2.64 bits per heavy atom. The molecule has 1 aromatic heterocycles. The van der Waals surface area contributed by atoms with Crippen LogP contribution in [0.15, 0.2) is 16.6 Å². The Kier molecular flexibility index (Phi) is 2.15. The summed E-state index contributed by atoms with van der Waals surface area (Å²) >= 11 is 3.47. The van der Waals surface area contributed by atoms with Gasteiger partial charge in [0.2, 0.25) is 0 Å². The molecule has 0 amide bonds. The lowest BCUT2D eigenvalue weighted by molar-refractivity contribution is 1.10. The van der Waals surface area contributed by atoms with E-state index in [1.165, 1.54) is 0 Å². The zero-order valence-electron chi connectivity index (χ0n) is 8.00. The molecule has 0 radical (unpaired) electrons. The SMILES string of the molecule is Cc1cc(Br)c2nc(C)nc(N)c2c1. The number of rotatable bonds is 0. The maximum absolute atomic E-state index is 5.82. The lowest BCUT2D eigenvalue weighted by atomic mass is 10.1. The number of nitrogens with zero attached hydrogens (tertiary/aromatic N) is 2. The van der Waals surface area contributed by atoms with Gasteiger partial charge in [-0.1, -0.05) is 0 Å². The average molecular weight is 252 g/mol. The molecule has 14 heavy (non-hydrogen) atoms. The Labute approximate surface area is 90.5 Å². The molecular weight excluding hydrogens is 242 g/mol. The Morgan fingerprint density at radius 1 is 1.21 bits per heavy atom. The van der Waals surface area contributed by atoms with Gasteiger partial charge in [0.15, 0.2) is 0 Å². The summed E-state index contributed by atoms with van der Waals surface area (Å²) in [5.74, 6) is 1.23. The number of nitrogens with two attached hydrogens (primary N) is 1. The van der Waals surface area contributed by atoms with E-state index in [1.54, 1.807) is 0 Å². The number of fused-ring (bicyclic) bond motifs is 1. The van der Waals surface area contributed by atoms with E-state index in [9.17, 15) is 0 Å². The van der Waals surface area contributed by atoms with Crippen molar-refractivity contribution in [2.45, 2.75) is 13.8 Å². The van der Waals surface area contributed by atoms with Crippen LogP contribution >= 0.6 is 15.9 Å². The third-order valence-corrected chi connectivity index (χ3v) is 2.64.